The molecule has 0 radical (unpaired) electrons. The summed E-state index contributed by atoms with van der Waals surface area (Å²) >= 11 is 1.63. The Morgan fingerprint density at radius 3 is 3.04 bits per heavy atom. The van der Waals surface area contributed by atoms with Gasteiger partial charge in [0.15, 0.2) is 0 Å². The number of hydrogen-bond donors (Lipinski definition) is 2. The summed E-state index contributed by atoms with van der Waals surface area (Å²) in [5, 5.41) is 1.12. The van der Waals surface area contributed by atoms with Crippen molar-refractivity contribution in [2.75, 3.05) is 30.3 Å². The van der Waals surface area contributed by atoms with Crippen molar-refractivity contribution in [2.24, 2.45) is 5.73 Å². The minimum atomic E-state index is 0. The van der Waals surface area contributed by atoms with Gasteiger partial charge >= 0.3 is 0 Å². The molecule has 4 heterocycles. The molecule has 1 fully saturated rings. The molecule has 8 heteroatoms. The van der Waals surface area contributed by atoms with Gasteiger partial charge in [0.1, 0.15) is 5.65 Å². The maximum absolute atomic E-state index is 12.7. The first-order valence-electron chi connectivity index (χ1n) is 8.22. The van der Waals surface area contributed by atoms with Crippen molar-refractivity contribution >= 4 is 46.8 Å². The number of nitrogens with zero attached hydrogens (tertiary/aromatic N) is 3. The van der Waals surface area contributed by atoms with Gasteiger partial charge in [0.2, 0.25) is 0 Å². The molecule has 134 valence electrons. The molecule has 1 amide bonds. The van der Waals surface area contributed by atoms with Gasteiger partial charge < -0.3 is 20.5 Å². The number of H-pyrrole nitrogens is 1. The number of aryl methyl sites for hydroxylation is 1. The lowest BCUT2D eigenvalue weighted by Crippen LogP contribution is -2.34. The lowest BCUT2D eigenvalue weighted by molar-refractivity contribution is -0.125. The number of fused-ring (bicyclic) bond motifs is 1. The predicted octanol–water partition coefficient (Wildman–Crippen LogP) is 2.25. The molecule has 6 nitrogen and oxygen atoms in total. The van der Waals surface area contributed by atoms with Crippen LogP contribution >= 0.6 is 24.2 Å². The number of nitrogens with one attached hydrogen (secondary N) is 1. The van der Waals surface area contributed by atoms with E-state index in [1.165, 1.54) is 0 Å². The standard InChI is InChI=1S/C17H21N5OS.ClH/c1-11-8-20-16-15(11)13(2-4-19-16)21-6-7-24-14(10-21)17(23)22-5-3-12(18)9-22;/h2,4,8,10,12H,3,5-7,9,18H2,1H3,(H,19,20);1H/t12-;/m1./s1. The fourth-order valence-electron chi connectivity index (χ4n) is 3.37. The SMILES string of the molecule is Cc1c[nH]c2nccc(N3C=C(C(=O)N4CC[C@@H](N)C4)SCC3)c12.Cl. The first-order chi connectivity index (χ1) is 11.6. The van der Waals surface area contributed by atoms with Crippen LogP contribution < -0.4 is 10.6 Å². The van der Waals surface area contributed by atoms with E-state index in [1.54, 1.807) is 11.8 Å². The maximum Gasteiger partial charge on any atom is 0.261 e. The third-order valence-corrected chi connectivity index (χ3v) is 5.62. The first-order valence-corrected chi connectivity index (χ1v) is 9.21. The van der Waals surface area contributed by atoms with Crippen LogP contribution in [0.4, 0.5) is 5.69 Å². The summed E-state index contributed by atoms with van der Waals surface area (Å²) in [5.41, 5.74) is 9.09. The number of aromatic nitrogens is 2. The third kappa shape index (κ3) is 3.36. The van der Waals surface area contributed by atoms with Crippen LogP contribution in [-0.2, 0) is 4.79 Å². The molecule has 0 spiro atoms. The number of likely N-dealkylation sites (tertiary alicyclic amines) is 1. The summed E-state index contributed by atoms with van der Waals surface area (Å²) in [7, 11) is 0. The summed E-state index contributed by atoms with van der Waals surface area (Å²) in [6.07, 6.45) is 6.66. The van der Waals surface area contributed by atoms with Crippen LogP contribution in [0, 0.1) is 6.92 Å². The number of aromatic amines is 1. The van der Waals surface area contributed by atoms with Gasteiger partial charge in [-0.1, -0.05) is 0 Å². The van der Waals surface area contributed by atoms with Gasteiger partial charge in [0.25, 0.3) is 5.91 Å². The number of hydrogen-bond acceptors (Lipinski definition) is 5. The van der Waals surface area contributed by atoms with Gasteiger partial charge in [-0.05, 0) is 25.0 Å². The average molecular weight is 380 g/mol. The van der Waals surface area contributed by atoms with Crippen molar-refractivity contribution in [3.05, 3.63) is 35.1 Å². The molecule has 1 atom stereocenters. The summed E-state index contributed by atoms with van der Waals surface area (Å²) in [6.45, 7) is 4.37. The highest BCUT2D eigenvalue weighted by Crippen LogP contribution is 2.33. The number of amides is 1. The van der Waals surface area contributed by atoms with Gasteiger partial charge in [-0.3, -0.25) is 4.79 Å². The van der Waals surface area contributed by atoms with Crippen molar-refractivity contribution < 1.29 is 4.79 Å². The summed E-state index contributed by atoms with van der Waals surface area (Å²) in [4.78, 5) is 25.2. The van der Waals surface area contributed by atoms with Crippen LogP contribution in [0.3, 0.4) is 0 Å². The fraction of sp³-hybridized carbons (Fsp3) is 0.412. The fourth-order valence-corrected chi connectivity index (χ4v) is 4.33. The highest BCUT2D eigenvalue weighted by Gasteiger charge is 2.28. The first kappa shape index (κ1) is 18.1. The third-order valence-electron chi connectivity index (χ3n) is 4.64. The maximum atomic E-state index is 12.7. The molecule has 0 unspecified atom stereocenters. The van der Waals surface area contributed by atoms with Crippen LogP contribution in [0.15, 0.2) is 29.6 Å². The van der Waals surface area contributed by atoms with Crippen LogP contribution in [-0.4, -0.2) is 52.2 Å². The zero-order valence-electron chi connectivity index (χ0n) is 14.1. The zero-order valence-corrected chi connectivity index (χ0v) is 15.7. The van der Waals surface area contributed by atoms with Crippen LogP contribution in [0.2, 0.25) is 0 Å². The lowest BCUT2D eigenvalue weighted by Gasteiger charge is -2.28. The molecular formula is C17H22ClN5OS. The van der Waals surface area contributed by atoms with E-state index in [0.717, 1.165) is 52.5 Å². The molecule has 0 aromatic carbocycles. The minimum Gasteiger partial charge on any atom is -0.346 e. The lowest BCUT2D eigenvalue weighted by atomic mass is 10.2. The largest absolute Gasteiger partial charge is 0.346 e. The Balaban J connectivity index is 0.00000182. The Kier molecular flexibility index (Phi) is 5.27. The Bertz CT molecular complexity index is 820. The van der Waals surface area contributed by atoms with E-state index in [0.29, 0.717) is 6.54 Å². The topological polar surface area (TPSA) is 78.2 Å². The predicted molar refractivity (Wildman–Crippen MR) is 105 cm³/mol. The monoisotopic (exact) mass is 379 g/mol. The molecule has 25 heavy (non-hydrogen) atoms. The van der Waals surface area contributed by atoms with Crippen molar-refractivity contribution in [2.45, 2.75) is 19.4 Å². The van der Waals surface area contributed by atoms with E-state index in [-0.39, 0.29) is 24.4 Å². The number of carbonyl (C=O) groups is 1. The van der Waals surface area contributed by atoms with Crippen molar-refractivity contribution in [1.29, 1.82) is 0 Å². The highest BCUT2D eigenvalue weighted by atomic mass is 35.5. The smallest absolute Gasteiger partial charge is 0.261 e. The molecule has 2 aliphatic rings. The molecule has 2 aliphatic heterocycles. The quantitative estimate of drug-likeness (QED) is 0.836. The highest BCUT2D eigenvalue weighted by molar-refractivity contribution is 8.04. The second-order valence-electron chi connectivity index (χ2n) is 6.36. The number of anilines is 1. The van der Waals surface area contributed by atoms with Crippen LogP contribution in [0.1, 0.15) is 12.0 Å². The van der Waals surface area contributed by atoms with E-state index in [9.17, 15) is 4.79 Å². The summed E-state index contributed by atoms with van der Waals surface area (Å²) in [5.74, 6) is 0.999. The number of carbonyl (C=O) groups excluding carboxylic acids is 1. The Morgan fingerprint density at radius 1 is 1.44 bits per heavy atom. The van der Waals surface area contributed by atoms with Crippen LogP contribution in [0.5, 0.6) is 0 Å². The van der Waals surface area contributed by atoms with Crippen molar-refractivity contribution in [1.82, 2.24) is 14.9 Å². The van der Waals surface area contributed by atoms with Gasteiger partial charge in [0, 0.05) is 55.4 Å². The van der Waals surface area contributed by atoms with Crippen molar-refractivity contribution in [3.63, 3.8) is 0 Å². The molecule has 2 aromatic heterocycles. The zero-order chi connectivity index (χ0) is 16.7. The molecule has 2 aromatic rings. The summed E-state index contributed by atoms with van der Waals surface area (Å²) in [6, 6.07) is 2.13. The van der Waals surface area contributed by atoms with E-state index in [2.05, 4.69) is 21.8 Å². The molecule has 1 saturated heterocycles. The molecular weight excluding hydrogens is 358 g/mol. The van der Waals surface area contributed by atoms with E-state index < -0.39 is 0 Å². The molecule has 3 N–H and O–H groups in total. The molecule has 0 bridgehead atoms. The Labute approximate surface area is 157 Å². The van der Waals surface area contributed by atoms with Crippen LogP contribution in [0.25, 0.3) is 11.0 Å². The van der Waals surface area contributed by atoms with E-state index in [1.807, 2.05) is 29.6 Å². The van der Waals surface area contributed by atoms with Gasteiger partial charge in [0.05, 0.1) is 10.6 Å². The number of nitrogens with two attached hydrogens (primary N) is 1. The Morgan fingerprint density at radius 2 is 2.28 bits per heavy atom. The second-order valence-corrected chi connectivity index (χ2v) is 7.50. The average Bonchev–Trinajstić information content (AvgIpc) is 3.21. The normalized spacial score (nSPS) is 20.6. The van der Waals surface area contributed by atoms with E-state index in [4.69, 9.17) is 5.73 Å². The molecule has 4 rings (SSSR count). The second kappa shape index (κ2) is 7.27. The van der Waals surface area contributed by atoms with Gasteiger partial charge in [-0.25, -0.2) is 4.98 Å². The molecule has 0 saturated carbocycles. The Hall–Kier alpha value is -1.70. The van der Waals surface area contributed by atoms with Gasteiger partial charge in [-0.2, -0.15) is 0 Å². The number of rotatable bonds is 2. The van der Waals surface area contributed by atoms with Gasteiger partial charge in [-0.15, -0.1) is 24.2 Å². The van der Waals surface area contributed by atoms with Crippen molar-refractivity contribution in [3.8, 4) is 0 Å². The molecule has 0 aliphatic carbocycles. The summed E-state index contributed by atoms with van der Waals surface area (Å²) < 4.78 is 0. The van der Waals surface area contributed by atoms with E-state index >= 15 is 0 Å². The number of pyridine rings is 1. The number of thioether (sulfide) groups is 1. The number of halogens is 1. The minimum absolute atomic E-state index is 0.